The van der Waals surface area contributed by atoms with E-state index in [9.17, 15) is 0 Å². The molecule has 0 aliphatic carbocycles. The number of nitrogens with one attached hydrogen (secondary N) is 1. The predicted octanol–water partition coefficient (Wildman–Crippen LogP) is 4.53. The molecule has 2 aromatic rings. The van der Waals surface area contributed by atoms with Crippen LogP contribution < -0.4 is 5.32 Å². The van der Waals surface area contributed by atoms with Crippen LogP contribution in [-0.4, -0.2) is 0 Å². The molecule has 0 bridgehead atoms. The number of rotatable bonds is 5. The van der Waals surface area contributed by atoms with Crippen LogP contribution in [0.2, 0.25) is 0 Å². The van der Waals surface area contributed by atoms with Crippen LogP contribution in [0.4, 0.5) is 0 Å². The van der Waals surface area contributed by atoms with Crippen molar-refractivity contribution in [2.24, 2.45) is 0 Å². The molecule has 0 saturated heterocycles. The van der Waals surface area contributed by atoms with Gasteiger partial charge in [0, 0.05) is 22.3 Å². The highest BCUT2D eigenvalue weighted by Crippen LogP contribution is 2.24. The molecule has 17 heavy (non-hydrogen) atoms. The van der Waals surface area contributed by atoms with E-state index in [4.69, 9.17) is 0 Å². The fraction of sp³-hybridized carbons (Fsp3) is 0.429. The van der Waals surface area contributed by atoms with Crippen molar-refractivity contribution in [1.29, 1.82) is 0 Å². The first-order chi connectivity index (χ1) is 8.20. The highest BCUT2D eigenvalue weighted by Gasteiger charge is 2.08. The molecule has 2 rings (SSSR count). The number of hydrogen-bond acceptors (Lipinski definition) is 3. The van der Waals surface area contributed by atoms with Crippen molar-refractivity contribution >= 4 is 22.7 Å². The number of aryl methyl sites for hydroxylation is 2. The van der Waals surface area contributed by atoms with Gasteiger partial charge in [0.15, 0.2) is 0 Å². The Balaban J connectivity index is 1.93. The highest BCUT2D eigenvalue weighted by molar-refractivity contribution is 7.12. The molecular formula is C14H19NS2. The molecule has 2 heterocycles. The molecule has 2 aromatic heterocycles. The van der Waals surface area contributed by atoms with Gasteiger partial charge in [0.1, 0.15) is 0 Å². The molecule has 0 aliphatic heterocycles. The summed E-state index contributed by atoms with van der Waals surface area (Å²) in [4.78, 5) is 2.91. The van der Waals surface area contributed by atoms with E-state index in [2.05, 4.69) is 49.0 Å². The second kappa shape index (κ2) is 5.80. The summed E-state index contributed by atoms with van der Waals surface area (Å²) < 4.78 is 0. The summed E-state index contributed by atoms with van der Waals surface area (Å²) in [5, 5.41) is 8.04. The van der Waals surface area contributed by atoms with E-state index >= 15 is 0 Å². The summed E-state index contributed by atoms with van der Waals surface area (Å²) >= 11 is 3.71. The Bertz CT molecular complexity index is 470. The summed E-state index contributed by atoms with van der Waals surface area (Å²) in [7, 11) is 0. The maximum Gasteiger partial charge on any atom is 0.0388 e. The Labute approximate surface area is 112 Å². The van der Waals surface area contributed by atoms with Crippen LogP contribution in [0.15, 0.2) is 22.9 Å². The summed E-state index contributed by atoms with van der Waals surface area (Å²) in [6, 6.07) is 4.94. The van der Waals surface area contributed by atoms with Gasteiger partial charge < -0.3 is 5.32 Å². The third-order valence-corrected chi connectivity index (χ3v) is 5.34. The lowest BCUT2D eigenvalue weighted by Gasteiger charge is -2.11. The Morgan fingerprint density at radius 2 is 2.12 bits per heavy atom. The summed E-state index contributed by atoms with van der Waals surface area (Å²) in [6.45, 7) is 7.60. The molecule has 0 fully saturated rings. The molecule has 3 heteroatoms. The minimum absolute atomic E-state index is 0.444. The molecule has 0 aliphatic rings. The maximum atomic E-state index is 3.60. The van der Waals surface area contributed by atoms with Crippen LogP contribution in [0, 0.1) is 6.92 Å². The minimum atomic E-state index is 0.444. The van der Waals surface area contributed by atoms with E-state index in [1.54, 1.807) is 11.3 Å². The van der Waals surface area contributed by atoms with E-state index in [0.29, 0.717) is 6.04 Å². The standard InChI is InChI=1S/C14H19NS2/c1-4-13-5-6-14(17-13)11(3)15-7-12-9-16-8-10(12)2/h5-6,8-9,11,15H,4,7H2,1-3H3. The van der Waals surface area contributed by atoms with Gasteiger partial charge in [-0.1, -0.05) is 6.92 Å². The predicted molar refractivity (Wildman–Crippen MR) is 78.0 cm³/mol. The van der Waals surface area contributed by atoms with Gasteiger partial charge >= 0.3 is 0 Å². The fourth-order valence-corrected chi connectivity index (χ4v) is 3.59. The molecule has 1 N–H and O–H groups in total. The van der Waals surface area contributed by atoms with Crippen LogP contribution in [0.1, 0.15) is 40.8 Å². The van der Waals surface area contributed by atoms with E-state index in [1.807, 2.05) is 11.3 Å². The largest absolute Gasteiger partial charge is 0.305 e. The van der Waals surface area contributed by atoms with E-state index < -0.39 is 0 Å². The Morgan fingerprint density at radius 1 is 1.29 bits per heavy atom. The summed E-state index contributed by atoms with van der Waals surface area (Å²) in [5.74, 6) is 0. The highest BCUT2D eigenvalue weighted by atomic mass is 32.1. The Morgan fingerprint density at radius 3 is 2.71 bits per heavy atom. The lowest BCUT2D eigenvalue weighted by Crippen LogP contribution is -2.17. The quantitative estimate of drug-likeness (QED) is 0.837. The van der Waals surface area contributed by atoms with Crippen LogP contribution in [0.3, 0.4) is 0 Å². The van der Waals surface area contributed by atoms with Gasteiger partial charge in [-0.15, -0.1) is 11.3 Å². The van der Waals surface area contributed by atoms with Crippen LogP contribution in [-0.2, 0) is 13.0 Å². The maximum absolute atomic E-state index is 3.60. The zero-order valence-electron chi connectivity index (χ0n) is 10.6. The van der Waals surface area contributed by atoms with Gasteiger partial charge in [0.05, 0.1) is 0 Å². The first-order valence-corrected chi connectivity index (χ1v) is 7.80. The van der Waals surface area contributed by atoms with Crippen molar-refractivity contribution in [2.75, 3.05) is 0 Å². The van der Waals surface area contributed by atoms with Crippen molar-refractivity contribution in [3.63, 3.8) is 0 Å². The van der Waals surface area contributed by atoms with Gasteiger partial charge in [-0.25, -0.2) is 0 Å². The van der Waals surface area contributed by atoms with Crippen molar-refractivity contribution < 1.29 is 0 Å². The van der Waals surface area contributed by atoms with E-state index in [1.165, 1.54) is 20.9 Å². The van der Waals surface area contributed by atoms with Gasteiger partial charge in [0.2, 0.25) is 0 Å². The van der Waals surface area contributed by atoms with Crippen molar-refractivity contribution in [2.45, 2.75) is 39.8 Å². The SMILES string of the molecule is CCc1ccc(C(C)NCc2cscc2C)s1. The minimum Gasteiger partial charge on any atom is -0.305 e. The molecule has 1 atom stereocenters. The smallest absolute Gasteiger partial charge is 0.0388 e. The fourth-order valence-electron chi connectivity index (χ4n) is 1.75. The van der Waals surface area contributed by atoms with E-state index in [-0.39, 0.29) is 0 Å². The third kappa shape index (κ3) is 3.18. The second-order valence-electron chi connectivity index (χ2n) is 4.34. The lowest BCUT2D eigenvalue weighted by molar-refractivity contribution is 0.582. The molecule has 0 radical (unpaired) electrons. The first-order valence-electron chi connectivity index (χ1n) is 6.04. The van der Waals surface area contributed by atoms with Crippen LogP contribution in [0.5, 0.6) is 0 Å². The van der Waals surface area contributed by atoms with Crippen molar-refractivity contribution in [3.8, 4) is 0 Å². The molecule has 1 nitrogen and oxygen atoms in total. The molecule has 0 saturated carbocycles. The molecule has 0 amide bonds. The van der Waals surface area contributed by atoms with Crippen LogP contribution >= 0.6 is 22.7 Å². The zero-order valence-corrected chi connectivity index (χ0v) is 12.3. The topological polar surface area (TPSA) is 12.0 Å². The second-order valence-corrected chi connectivity index (χ2v) is 6.28. The summed E-state index contributed by atoms with van der Waals surface area (Å²) in [6.07, 6.45) is 1.14. The first kappa shape index (κ1) is 12.8. The van der Waals surface area contributed by atoms with Gasteiger partial charge in [-0.05, 0) is 54.3 Å². The van der Waals surface area contributed by atoms with Crippen molar-refractivity contribution in [3.05, 3.63) is 43.8 Å². The van der Waals surface area contributed by atoms with Gasteiger partial charge in [-0.2, -0.15) is 11.3 Å². The number of hydrogen-bond donors (Lipinski definition) is 1. The third-order valence-electron chi connectivity index (χ3n) is 3.02. The molecule has 0 aromatic carbocycles. The van der Waals surface area contributed by atoms with Crippen molar-refractivity contribution in [1.82, 2.24) is 5.32 Å². The molecule has 0 spiro atoms. The molecule has 92 valence electrons. The van der Waals surface area contributed by atoms with E-state index in [0.717, 1.165) is 13.0 Å². The number of thiophene rings is 2. The molecular weight excluding hydrogens is 246 g/mol. The summed E-state index contributed by atoms with van der Waals surface area (Å²) in [5.41, 5.74) is 2.82. The average Bonchev–Trinajstić information content (AvgIpc) is 2.94. The monoisotopic (exact) mass is 265 g/mol. The Hall–Kier alpha value is -0.640. The lowest BCUT2D eigenvalue weighted by atomic mass is 10.2. The normalized spacial score (nSPS) is 12.9. The molecule has 1 unspecified atom stereocenters. The Kier molecular flexibility index (Phi) is 4.37. The van der Waals surface area contributed by atoms with Gasteiger partial charge in [0.25, 0.3) is 0 Å². The van der Waals surface area contributed by atoms with Gasteiger partial charge in [-0.3, -0.25) is 0 Å². The average molecular weight is 265 g/mol. The zero-order chi connectivity index (χ0) is 12.3. The van der Waals surface area contributed by atoms with Crippen LogP contribution in [0.25, 0.3) is 0 Å².